The van der Waals surface area contributed by atoms with E-state index in [0.29, 0.717) is 12.8 Å². The number of hydrogen-bond donors (Lipinski definition) is 1. The highest BCUT2D eigenvalue weighted by Crippen LogP contribution is 2.10. The molecule has 1 N–H and O–H groups in total. The highest BCUT2D eigenvalue weighted by Gasteiger charge is 2.11. The number of rotatable bonds is 11. The minimum atomic E-state index is -0.679. The molecule has 98 valence electrons. The Labute approximate surface area is 105 Å². The highest BCUT2D eigenvalue weighted by molar-refractivity contribution is 5.70. The lowest BCUT2D eigenvalue weighted by molar-refractivity contribution is -0.141. The van der Waals surface area contributed by atoms with Gasteiger partial charge < -0.3 is 5.11 Å². The first kappa shape index (κ1) is 16.0. The number of allylic oxidation sites excluding steroid dienone is 3. The molecule has 2 nitrogen and oxygen atoms in total. The van der Waals surface area contributed by atoms with E-state index < -0.39 is 5.97 Å². The Morgan fingerprint density at radius 3 is 2.35 bits per heavy atom. The van der Waals surface area contributed by atoms with Crippen molar-refractivity contribution >= 4 is 5.97 Å². The third-order valence-electron chi connectivity index (χ3n) is 2.96. The van der Waals surface area contributed by atoms with Gasteiger partial charge in [-0.1, -0.05) is 38.0 Å². The van der Waals surface area contributed by atoms with Crippen LogP contribution in [0.1, 0.15) is 58.3 Å². The van der Waals surface area contributed by atoms with Crippen LogP contribution in [0.25, 0.3) is 0 Å². The molecule has 1 unspecified atom stereocenters. The first-order chi connectivity index (χ1) is 8.22. The molecule has 0 radical (unpaired) electrons. The van der Waals surface area contributed by atoms with Crippen molar-refractivity contribution in [3.05, 3.63) is 24.8 Å². The molecule has 0 spiro atoms. The molecular formula is C15H26O2. The maximum Gasteiger partial charge on any atom is 0.306 e. The van der Waals surface area contributed by atoms with Gasteiger partial charge >= 0.3 is 5.97 Å². The van der Waals surface area contributed by atoms with Gasteiger partial charge in [0.25, 0.3) is 0 Å². The van der Waals surface area contributed by atoms with Gasteiger partial charge in [-0.15, -0.1) is 6.58 Å². The summed E-state index contributed by atoms with van der Waals surface area (Å²) in [5.41, 5.74) is 0. The second kappa shape index (κ2) is 11.4. The number of carboxylic acid groups (broad SMARTS) is 1. The van der Waals surface area contributed by atoms with Gasteiger partial charge in [0, 0.05) is 0 Å². The molecule has 0 aliphatic carbocycles. The number of hydrogen-bond acceptors (Lipinski definition) is 1. The van der Waals surface area contributed by atoms with Crippen LogP contribution in [0, 0.1) is 5.92 Å². The van der Waals surface area contributed by atoms with E-state index in [0.717, 1.165) is 12.8 Å². The largest absolute Gasteiger partial charge is 0.481 e. The van der Waals surface area contributed by atoms with E-state index >= 15 is 0 Å². The van der Waals surface area contributed by atoms with Crippen molar-refractivity contribution in [1.82, 2.24) is 0 Å². The lowest BCUT2D eigenvalue weighted by atomic mass is 10.0. The fourth-order valence-corrected chi connectivity index (χ4v) is 1.72. The third-order valence-corrected chi connectivity index (χ3v) is 2.96. The van der Waals surface area contributed by atoms with Crippen LogP contribution in [-0.2, 0) is 4.79 Å². The Bertz CT molecular complexity index is 231. The monoisotopic (exact) mass is 238 g/mol. The molecule has 0 bridgehead atoms. The summed E-state index contributed by atoms with van der Waals surface area (Å²) in [6.07, 6.45) is 14.7. The molecule has 0 aliphatic rings. The minimum absolute atomic E-state index is 0.209. The van der Waals surface area contributed by atoms with Crippen molar-refractivity contribution in [3.63, 3.8) is 0 Å². The summed E-state index contributed by atoms with van der Waals surface area (Å²) in [6.45, 7) is 5.62. The Morgan fingerprint density at radius 2 is 1.82 bits per heavy atom. The normalized spacial score (nSPS) is 12.8. The van der Waals surface area contributed by atoms with Crippen LogP contribution in [0.2, 0.25) is 0 Å². The molecule has 0 saturated carbocycles. The van der Waals surface area contributed by atoms with Crippen molar-refractivity contribution < 1.29 is 9.90 Å². The van der Waals surface area contributed by atoms with Gasteiger partial charge in [-0.25, -0.2) is 0 Å². The smallest absolute Gasteiger partial charge is 0.306 e. The molecule has 1 atom stereocenters. The van der Waals surface area contributed by atoms with E-state index in [1.165, 1.54) is 25.7 Å². The van der Waals surface area contributed by atoms with Gasteiger partial charge in [0.05, 0.1) is 5.92 Å². The van der Waals surface area contributed by atoms with E-state index in [1.807, 2.05) is 19.1 Å². The van der Waals surface area contributed by atoms with Gasteiger partial charge in [0.1, 0.15) is 0 Å². The molecule has 2 heteroatoms. The van der Waals surface area contributed by atoms with E-state index in [9.17, 15) is 4.79 Å². The molecule has 0 aromatic heterocycles. The van der Waals surface area contributed by atoms with Gasteiger partial charge in [-0.05, 0) is 38.5 Å². The number of unbranched alkanes of at least 4 members (excludes halogenated alkanes) is 5. The zero-order chi connectivity index (χ0) is 12.9. The lowest BCUT2D eigenvalue weighted by Gasteiger charge is -2.04. The predicted molar refractivity (Wildman–Crippen MR) is 73.1 cm³/mol. The summed E-state index contributed by atoms with van der Waals surface area (Å²) in [6, 6.07) is 0. The van der Waals surface area contributed by atoms with Crippen LogP contribution in [0.15, 0.2) is 24.8 Å². The first-order valence-electron chi connectivity index (χ1n) is 6.71. The van der Waals surface area contributed by atoms with Gasteiger partial charge in [-0.3, -0.25) is 4.79 Å². The SMILES string of the molecule is C=CCCCCCC/C=C/CC(CC)C(=O)O. The number of carboxylic acids is 1. The average molecular weight is 238 g/mol. The summed E-state index contributed by atoms with van der Waals surface area (Å²) in [5, 5.41) is 8.85. The highest BCUT2D eigenvalue weighted by atomic mass is 16.4. The Kier molecular flexibility index (Phi) is 10.7. The fourth-order valence-electron chi connectivity index (χ4n) is 1.72. The molecule has 0 amide bonds. The van der Waals surface area contributed by atoms with Crippen LogP contribution in [0.4, 0.5) is 0 Å². The van der Waals surface area contributed by atoms with E-state index in [1.54, 1.807) is 0 Å². The van der Waals surface area contributed by atoms with Gasteiger partial charge in [0.2, 0.25) is 0 Å². The zero-order valence-corrected chi connectivity index (χ0v) is 11.0. The standard InChI is InChI=1S/C15H26O2/c1-3-5-6-7-8-9-10-11-12-13-14(4-2)15(16)17/h3,11-12,14H,1,4-10,13H2,2H3,(H,16,17)/b12-11+. The van der Waals surface area contributed by atoms with Crippen molar-refractivity contribution in [2.45, 2.75) is 58.3 Å². The summed E-state index contributed by atoms with van der Waals surface area (Å²) >= 11 is 0. The zero-order valence-electron chi connectivity index (χ0n) is 11.0. The molecular weight excluding hydrogens is 212 g/mol. The molecule has 0 aromatic rings. The maximum atomic E-state index is 10.8. The van der Waals surface area contributed by atoms with Crippen LogP contribution in [0.3, 0.4) is 0 Å². The Hall–Kier alpha value is -1.05. The molecule has 0 aromatic carbocycles. The maximum absolute atomic E-state index is 10.8. The van der Waals surface area contributed by atoms with Crippen molar-refractivity contribution in [1.29, 1.82) is 0 Å². The summed E-state index contributed by atoms with van der Waals surface area (Å²) in [4.78, 5) is 10.8. The van der Waals surface area contributed by atoms with Gasteiger partial charge in [-0.2, -0.15) is 0 Å². The van der Waals surface area contributed by atoms with E-state index in [-0.39, 0.29) is 5.92 Å². The summed E-state index contributed by atoms with van der Waals surface area (Å²) in [5.74, 6) is -0.889. The summed E-state index contributed by atoms with van der Waals surface area (Å²) < 4.78 is 0. The lowest BCUT2D eigenvalue weighted by Crippen LogP contribution is -2.11. The van der Waals surface area contributed by atoms with Gasteiger partial charge in [0.15, 0.2) is 0 Å². The molecule has 0 fully saturated rings. The van der Waals surface area contributed by atoms with E-state index in [4.69, 9.17) is 5.11 Å². The van der Waals surface area contributed by atoms with Crippen molar-refractivity contribution in [2.24, 2.45) is 5.92 Å². The van der Waals surface area contributed by atoms with Crippen LogP contribution in [0.5, 0.6) is 0 Å². The molecule has 0 rings (SSSR count). The number of carbonyl (C=O) groups is 1. The van der Waals surface area contributed by atoms with Crippen molar-refractivity contribution in [3.8, 4) is 0 Å². The van der Waals surface area contributed by atoms with Crippen molar-refractivity contribution in [2.75, 3.05) is 0 Å². The fraction of sp³-hybridized carbons (Fsp3) is 0.667. The predicted octanol–water partition coefficient (Wildman–Crippen LogP) is 4.57. The second-order valence-corrected chi connectivity index (χ2v) is 4.43. The topological polar surface area (TPSA) is 37.3 Å². The molecule has 0 heterocycles. The third kappa shape index (κ3) is 9.86. The first-order valence-corrected chi connectivity index (χ1v) is 6.71. The molecule has 0 saturated heterocycles. The molecule has 0 aliphatic heterocycles. The Balaban J connectivity index is 3.41. The average Bonchev–Trinajstić information content (AvgIpc) is 2.31. The Morgan fingerprint density at radius 1 is 1.18 bits per heavy atom. The second-order valence-electron chi connectivity index (χ2n) is 4.43. The van der Waals surface area contributed by atoms with Crippen LogP contribution in [-0.4, -0.2) is 11.1 Å². The quantitative estimate of drug-likeness (QED) is 0.423. The number of aliphatic carboxylic acids is 1. The summed E-state index contributed by atoms with van der Waals surface area (Å²) in [7, 11) is 0. The van der Waals surface area contributed by atoms with Crippen LogP contribution >= 0.6 is 0 Å². The minimum Gasteiger partial charge on any atom is -0.481 e. The van der Waals surface area contributed by atoms with E-state index in [2.05, 4.69) is 12.7 Å². The van der Waals surface area contributed by atoms with Crippen LogP contribution < -0.4 is 0 Å². The molecule has 17 heavy (non-hydrogen) atoms.